The van der Waals surface area contributed by atoms with Gasteiger partial charge in [0.1, 0.15) is 5.15 Å². The predicted molar refractivity (Wildman–Crippen MR) is 65.4 cm³/mol. The Hall–Kier alpha value is -0.690. The maximum atomic E-state index is 12.1. The van der Waals surface area contributed by atoms with E-state index in [1.807, 2.05) is 0 Å². The van der Waals surface area contributed by atoms with Crippen LogP contribution in [0.1, 0.15) is 13.3 Å². The number of aliphatic hydroxyl groups excluding tert-OH is 1. The summed E-state index contributed by atoms with van der Waals surface area (Å²) < 4.78 is 25.3. The van der Waals surface area contributed by atoms with E-state index in [4.69, 9.17) is 16.7 Å². The lowest BCUT2D eigenvalue weighted by molar-refractivity contribution is 0.177. The summed E-state index contributed by atoms with van der Waals surface area (Å²) in [4.78, 5) is 3.83. The summed E-state index contributed by atoms with van der Waals surface area (Å²) in [6.07, 6.45) is 1.19. The molecule has 96 valence electrons. The predicted octanol–water partition coefficient (Wildman–Crippen LogP) is 1.13. The first-order chi connectivity index (χ1) is 7.84. The van der Waals surface area contributed by atoms with Crippen LogP contribution in [0.4, 0.5) is 0 Å². The second-order valence-corrected chi connectivity index (χ2v) is 6.21. The Kier molecular flexibility index (Phi) is 4.88. The zero-order valence-corrected chi connectivity index (χ0v) is 11.2. The van der Waals surface area contributed by atoms with Crippen LogP contribution in [0.25, 0.3) is 0 Å². The maximum Gasteiger partial charge on any atom is 0.242 e. The van der Waals surface area contributed by atoms with Gasteiger partial charge >= 0.3 is 0 Å². The molecule has 5 nitrogen and oxygen atoms in total. The van der Waals surface area contributed by atoms with Crippen LogP contribution >= 0.6 is 11.6 Å². The van der Waals surface area contributed by atoms with Crippen molar-refractivity contribution in [2.75, 3.05) is 13.6 Å². The number of hydrogen-bond donors (Lipinski definition) is 1. The second-order valence-electron chi connectivity index (χ2n) is 3.78. The number of hydrogen-bond acceptors (Lipinski definition) is 4. The molecule has 1 N–H and O–H groups in total. The van der Waals surface area contributed by atoms with Crippen LogP contribution in [0.3, 0.4) is 0 Å². The summed E-state index contributed by atoms with van der Waals surface area (Å²) in [7, 11) is -2.10. The smallest absolute Gasteiger partial charge is 0.242 e. The molecule has 1 aromatic heterocycles. The minimum atomic E-state index is -3.56. The molecule has 0 saturated heterocycles. The normalized spacial score (nSPS) is 13.9. The van der Waals surface area contributed by atoms with Gasteiger partial charge in [-0.05, 0) is 25.5 Å². The van der Waals surface area contributed by atoms with E-state index in [9.17, 15) is 8.42 Å². The highest BCUT2D eigenvalue weighted by Gasteiger charge is 2.21. The first-order valence-corrected chi connectivity index (χ1v) is 6.92. The largest absolute Gasteiger partial charge is 0.393 e. The fraction of sp³-hybridized carbons (Fsp3) is 0.500. The van der Waals surface area contributed by atoms with Crippen LogP contribution in [0.5, 0.6) is 0 Å². The van der Waals surface area contributed by atoms with Gasteiger partial charge in [-0.25, -0.2) is 17.7 Å². The van der Waals surface area contributed by atoms with Gasteiger partial charge in [0.25, 0.3) is 0 Å². The van der Waals surface area contributed by atoms with Crippen LogP contribution in [-0.2, 0) is 10.0 Å². The van der Waals surface area contributed by atoms with E-state index in [2.05, 4.69) is 4.98 Å². The Morgan fingerprint density at radius 1 is 1.59 bits per heavy atom. The zero-order chi connectivity index (χ0) is 13.1. The summed E-state index contributed by atoms with van der Waals surface area (Å²) in [5.74, 6) is 0. The fourth-order valence-electron chi connectivity index (χ4n) is 1.21. The van der Waals surface area contributed by atoms with Gasteiger partial charge < -0.3 is 5.11 Å². The average molecular weight is 279 g/mol. The van der Waals surface area contributed by atoms with E-state index < -0.39 is 16.1 Å². The molecule has 0 aromatic carbocycles. The molecular formula is C10H15ClN2O3S. The molecule has 0 aliphatic carbocycles. The lowest BCUT2D eigenvalue weighted by Crippen LogP contribution is -2.29. The SMILES string of the molecule is CC(O)CCN(C)S(=O)(=O)c1ccnc(Cl)c1. The monoisotopic (exact) mass is 278 g/mol. The highest BCUT2D eigenvalue weighted by molar-refractivity contribution is 7.89. The quantitative estimate of drug-likeness (QED) is 0.820. The molecule has 0 fully saturated rings. The van der Waals surface area contributed by atoms with Crippen LogP contribution in [0.2, 0.25) is 5.15 Å². The molecule has 0 radical (unpaired) electrons. The summed E-state index contributed by atoms with van der Waals surface area (Å²) in [5.41, 5.74) is 0. The molecule has 1 heterocycles. The van der Waals surface area contributed by atoms with Crippen LogP contribution in [0, 0.1) is 0 Å². The number of pyridine rings is 1. The van der Waals surface area contributed by atoms with Gasteiger partial charge in [-0.3, -0.25) is 0 Å². The van der Waals surface area contributed by atoms with Crippen molar-refractivity contribution < 1.29 is 13.5 Å². The number of sulfonamides is 1. The molecule has 1 unspecified atom stereocenters. The highest BCUT2D eigenvalue weighted by Crippen LogP contribution is 2.17. The lowest BCUT2D eigenvalue weighted by Gasteiger charge is -2.17. The molecule has 1 atom stereocenters. The third kappa shape index (κ3) is 3.92. The maximum absolute atomic E-state index is 12.1. The van der Waals surface area contributed by atoms with Crippen molar-refractivity contribution in [2.24, 2.45) is 0 Å². The third-order valence-electron chi connectivity index (χ3n) is 2.27. The lowest BCUT2D eigenvalue weighted by atomic mass is 10.3. The molecule has 7 heteroatoms. The van der Waals surface area contributed by atoms with E-state index in [0.717, 1.165) is 0 Å². The summed E-state index contributed by atoms with van der Waals surface area (Å²) in [6, 6.07) is 2.69. The van der Waals surface area contributed by atoms with E-state index in [0.29, 0.717) is 6.42 Å². The van der Waals surface area contributed by atoms with Gasteiger partial charge in [0.05, 0.1) is 11.0 Å². The molecule has 0 bridgehead atoms. The van der Waals surface area contributed by atoms with Crippen molar-refractivity contribution in [3.63, 3.8) is 0 Å². The van der Waals surface area contributed by atoms with E-state index >= 15 is 0 Å². The van der Waals surface area contributed by atoms with Crippen LogP contribution in [0.15, 0.2) is 23.2 Å². The van der Waals surface area contributed by atoms with Gasteiger partial charge in [0.15, 0.2) is 0 Å². The molecular weight excluding hydrogens is 264 g/mol. The van der Waals surface area contributed by atoms with Gasteiger partial charge in [0, 0.05) is 19.8 Å². The topological polar surface area (TPSA) is 70.5 Å². The highest BCUT2D eigenvalue weighted by atomic mass is 35.5. The van der Waals surface area contributed by atoms with Gasteiger partial charge in [-0.15, -0.1) is 0 Å². The van der Waals surface area contributed by atoms with Gasteiger partial charge in [-0.2, -0.15) is 0 Å². The van der Waals surface area contributed by atoms with Crippen molar-refractivity contribution in [3.05, 3.63) is 23.5 Å². The first kappa shape index (κ1) is 14.4. The Balaban J connectivity index is 2.88. The zero-order valence-electron chi connectivity index (χ0n) is 9.67. The molecule has 1 rings (SSSR count). The van der Waals surface area contributed by atoms with Crippen molar-refractivity contribution in [1.82, 2.24) is 9.29 Å². The Labute approximate surface area is 106 Å². The molecule has 0 saturated carbocycles. The first-order valence-electron chi connectivity index (χ1n) is 5.10. The molecule has 0 aliphatic heterocycles. The molecule has 0 amide bonds. The number of nitrogens with zero attached hydrogens (tertiary/aromatic N) is 2. The van der Waals surface area contributed by atoms with E-state index in [-0.39, 0.29) is 16.6 Å². The number of rotatable bonds is 5. The van der Waals surface area contributed by atoms with Gasteiger partial charge in [0.2, 0.25) is 10.0 Å². The molecule has 0 spiro atoms. The van der Waals surface area contributed by atoms with Crippen molar-refractivity contribution in [1.29, 1.82) is 0 Å². The number of halogens is 1. The second kappa shape index (κ2) is 5.77. The molecule has 0 aliphatic rings. The Morgan fingerprint density at radius 2 is 2.24 bits per heavy atom. The Morgan fingerprint density at radius 3 is 2.76 bits per heavy atom. The minimum Gasteiger partial charge on any atom is -0.393 e. The van der Waals surface area contributed by atoms with Crippen molar-refractivity contribution >= 4 is 21.6 Å². The summed E-state index contributed by atoms with van der Waals surface area (Å²) in [5, 5.41) is 9.26. The van der Waals surface area contributed by atoms with Gasteiger partial charge in [-0.1, -0.05) is 11.6 Å². The van der Waals surface area contributed by atoms with E-state index in [1.54, 1.807) is 6.92 Å². The minimum absolute atomic E-state index is 0.102. The number of aromatic nitrogens is 1. The van der Waals surface area contributed by atoms with E-state index in [1.165, 1.54) is 29.7 Å². The van der Waals surface area contributed by atoms with Crippen LogP contribution in [-0.4, -0.2) is 42.5 Å². The molecule has 17 heavy (non-hydrogen) atoms. The summed E-state index contributed by atoms with van der Waals surface area (Å²) in [6.45, 7) is 1.86. The standard InChI is InChI=1S/C10H15ClN2O3S/c1-8(14)4-6-13(2)17(15,16)9-3-5-12-10(11)7-9/h3,5,7-8,14H,4,6H2,1-2H3. The van der Waals surface area contributed by atoms with Crippen molar-refractivity contribution in [3.8, 4) is 0 Å². The van der Waals surface area contributed by atoms with Crippen LogP contribution < -0.4 is 0 Å². The third-order valence-corrected chi connectivity index (χ3v) is 4.33. The number of aliphatic hydroxyl groups is 1. The Bertz CT molecular complexity index is 476. The summed E-state index contributed by atoms with van der Waals surface area (Å²) >= 11 is 5.65. The average Bonchev–Trinajstić information content (AvgIpc) is 2.25. The van der Waals surface area contributed by atoms with Crippen molar-refractivity contribution in [2.45, 2.75) is 24.3 Å². The molecule has 1 aromatic rings. The fourth-order valence-corrected chi connectivity index (χ4v) is 2.65.